The summed E-state index contributed by atoms with van der Waals surface area (Å²) in [6.45, 7) is 4.19. The highest BCUT2D eigenvalue weighted by molar-refractivity contribution is 7.18. The number of halogens is 2. The molecule has 3 aromatic rings. The second-order valence-corrected chi connectivity index (χ2v) is 6.84. The lowest BCUT2D eigenvalue weighted by atomic mass is 10.2. The molecule has 0 saturated heterocycles. The standard InChI is InChI=1S/C16H15Cl2N3S/c1-3-10-8-11-15(20-14(4-2)21-16(11)22-10)19-13-7-9(17)5-6-12(13)18/h5-8H,3-4H2,1-2H3,(H,19,20,21). The highest BCUT2D eigenvalue weighted by Crippen LogP contribution is 2.33. The highest BCUT2D eigenvalue weighted by Gasteiger charge is 2.12. The Kier molecular flexibility index (Phi) is 4.52. The molecule has 2 heterocycles. The third kappa shape index (κ3) is 3.05. The van der Waals surface area contributed by atoms with Crippen molar-refractivity contribution >= 4 is 56.3 Å². The average Bonchev–Trinajstić information content (AvgIpc) is 2.94. The zero-order valence-corrected chi connectivity index (χ0v) is 14.6. The van der Waals surface area contributed by atoms with E-state index in [1.54, 1.807) is 29.5 Å². The summed E-state index contributed by atoms with van der Waals surface area (Å²) in [5.41, 5.74) is 0.750. The van der Waals surface area contributed by atoms with E-state index in [1.165, 1.54) is 4.88 Å². The van der Waals surface area contributed by atoms with E-state index in [0.717, 1.165) is 40.4 Å². The number of benzene rings is 1. The molecule has 1 aromatic carbocycles. The third-order valence-electron chi connectivity index (χ3n) is 3.34. The highest BCUT2D eigenvalue weighted by atomic mass is 35.5. The topological polar surface area (TPSA) is 37.8 Å². The lowest BCUT2D eigenvalue weighted by Crippen LogP contribution is -2.00. The van der Waals surface area contributed by atoms with E-state index in [2.05, 4.69) is 28.3 Å². The summed E-state index contributed by atoms with van der Waals surface area (Å²) < 4.78 is 0. The van der Waals surface area contributed by atoms with Crippen molar-refractivity contribution in [2.45, 2.75) is 26.7 Å². The monoisotopic (exact) mass is 351 g/mol. The molecule has 0 bridgehead atoms. The molecule has 1 N–H and O–H groups in total. The minimum absolute atomic E-state index is 0.611. The smallest absolute Gasteiger partial charge is 0.142 e. The van der Waals surface area contributed by atoms with Crippen molar-refractivity contribution in [3.63, 3.8) is 0 Å². The molecule has 0 aliphatic heterocycles. The number of nitrogens with one attached hydrogen (secondary N) is 1. The molecular weight excluding hydrogens is 337 g/mol. The Morgan fingerprint density at radius 2 is 1.91 bits per heavy atom. The number of aromatic nitrogens is 2. The maximum absolute atomic E-state index is 6.24. The van der Waals surface area contributed by atoms with Crippen LogP contribution in [0.3, 0.4) is 0 Å². The number of thiophene rings is 1. The Hall–Kier alpha value is -1.36. The maximum Gasteiger partial charge on any atom is 0.142 e. The van der Waals surface area contributed by atoms with E-state index in [0.29, 0.717) is 10.0 Å². The molecule has 0 fully saturated rings. The Balaban J connectivity index is 2.12. The predicted octanol–water partition coefficient (Wildman–Crippen LogP) is 5.87. The first-order valence-corrected chi connectivity index (χ1v) is 8.69. The largest absolute Gasteiger partial charge is 0.338 e. The number of fused-ring (bicyclic) bond motifs is 1. The SMILES string of the molecule is CCc1nc(Nc2cc(Cl)ccc2Cl)c2cc(CC)sc2n1. The van der Waals surface area contributed by atoms with Gasteiger partial charge in [-0.05, 0) is 30.7 Å². The summed E-state index contributed by atoms with van der Waals surface area (Å²) in [5.74, 6) is 1.60. The predicted molar refractivity (Wildman–Crippen MR) is 95.9 cm³/mol. The van der Waals surface area contributed by atoms with Crippen LogP contribution in [0.4, 0.5) is 11.5 Å². The van der Waals surface area contributed by atoms with Crippen molar-refractivity contribution in [1.29, 1.82) is 0 Å². The maximum atomic E-state index is 6.24. The van der Waals surface area contributed by atoms with Crippen LogP contribution in [0, 0.1) is 0 Å². The van der Waals surface area contributed by atoms with Gasteiger partial charge in [-0.1, -0.05) is 37.0 Å². The van der Waals surface area contributed by atoms with Gasteiger partial charge < -0.3 is 5.32 Å². The van der Waals surface area contributed by atoms with E-state index in [9.17, 15) is 0 Å². The molecule has 0 amide bonds. The van der Waals surface area contributed by atoms with Gasteiger partial charge in [-0.3, -0.25) is 0 Å². The Morgan fingerprint density at radius 1 is 1.09 bits per heavy atom. The zero-order chi connectivity index (χ0) is 15.7. The van der Waals surface area contributed by atoms with Crippen molar-refractivity contribution in [3.05, 3.63) is 45.0 Å². The van der Waals surface area contributed by atoms with Crippen molar-refractivity contribution in [2.75, 3.05) is 5.32 Å². The van der Waals surface area contributed by atoms with Crippen LogP contribution in [0.2, 0.25) is 10.0 Å². The first-order chi connectivity index (χ1) is 10.6. The van der Waals surface area contributed by atoms with Gasteiger partial charge in [-0.25, -0.2) is 9.97 Å². The lowest BCUT2D eigenvalue weighted by molar-refractivity contribution is 0.967. The minimum atomic E-state index is 0.611. The second kappa shape index (κ2) is 6.41. The summed E-state index contributed by atoms with van der Waals surface area (Å²) in [4.78, 5) is 11.5. The van der Waals surface area contributed by atoms with Gasteiger partial charge in [0, 0.05) is 16.3 Å². The van der Waals surface area contributed by atoms with Gasteiger partial charge in [-0.2, -0.15) is 0 Å². The van der Waals surface area contributed by atoms with Gasteiger partial charge in [0.2, 0.25) is 0 Å². The Labute approximate surface area is 143 Å². The molecule has 0 spiro atoms. The van der Waals surface area contributed by atoms with Gasteiger partial charge in [-0.15, -0.1) is 11.3 Å². The molecule has 0 radical (unpaired) electrons. The molecule has 22 heavy (non-hydrogen) atoms. The Bertz CT molecular complexity index is 830. The number of rotatable bonds is 4. The molecule has 0 aliphatic carbocycles. The van der Waals surface area contributed by atoms with E-state index in [1.807, 2.05) is 6.92 Å². The van der Waals surface area contributed by atoms with E-state index in [4.69, 9.17) is 23.2 Å². The first-order valence-electron chi connectivity index (χ1n) is 7.12. The van der Waals surface area contributed by atoms with Gasteiger partial charge in [0.1, 0.15) is 16.5 Å². The fourth-order valence-electron chi connectivity index (χ4n) is 2.16. The van der Waals surface area contributed by atoms with Crippen molar-refractivity contribution in [2.24, 2.45) is 0 Å². The summed E-state index contributed by atoms with van der Waals surface area (Å²) in [6.07, 6.45) is 1.77. The lowest BCUT2D eigenvalue weighted by Gasteiger charge is -2.10. The molecule has 2 aromatic heterocycles. The van der Waals surface area contributed by atoms with Gasteiger partial charge >= 0.3 is 0 Å². The fourth-order valence-corrected chi connectivity index (χ4v) is 3.49. The van der Waals surface area contributed by atoms with Crippen LogP contribution in [-0.4, -0.2) is 9.97 Å². The van der Waals surface area contributed by atoms with Crippen LogP contribution in [-0.2, 0) is 12.8 Å². The molecule has 6 heteroatoms. The van der Waals surface area contributed by atoms with Crippen LogP contribution in [0.15, 0.2) is 24.3 Å². The molecule has 0 unspecified atom stereocenters. The summed E-state index contributed by atoms with van der Waals surface area (Å²) in [7, 11) is 0. The Morgan fingerprint density at radius 3 is 2.64 bits per heavy atom. The van der Waals surface area contributed by atoms with Crippen LogP contribution in [0.25, 0.3) is 10.2 Å². The van der Waals surface area contributed by atoms with E-state index >= 15 is 0 Å². The van der Waals surface area contributed by atoms with Crippen molar-refractivity contribution in [3.8, 4) is 0 Å². The van der Waals surface area contributed by atoms with Gasteiger partial charge in [0.25, 0.3) is 0 Å². The summed E-state index contributed by atoms with van der Waals surface area (Å²) in [5, 5.41) is 5.57. The average molecular weight is 352 g/mol. The second-order valence-electron chi connectivity index (χ2n) is 4.88. The third-order valence-corrected chi connectivity index (χ3v) is 5.07. The number of hydrogen-bond acceptors (Lipinski definition) is 4. The van der Waals surface area contributed by atoms with Crippen molar-refractivity contribution < 1.29 is 0 Å². The number of aryl methyl sites for hydroxylation is 2. The molecule has 0 saturated carbocycles. The number of nitrogens with zero attached hydrogens (tertiary/aromatic N) is 2. The van der Waals surface area contributed by atoms with Crippen LogP contribution in [0.5, 0.6) is 0 Å². The normalized spacial score (nSPS) is 11.1. The van der Waals surface area contributed by atoms with Crippen LogP contribution in [0.1, 0.15) is 24.5 Å². The first kappa shape index (κ1) is 15.5. The number of anilines is 2. The summed E-state index contributed by atoms with van der Waals surface area (Å²) in [6, 6.07) is 7.48. The molecule has 3 nitrogen and oxygen atoms in total. The summed E-state index contributed by atoms with van der Waals surface area (Å²) >= 11 is 14.0. The molecular formula is C16H15Cl2N3S. The number of hydrogen-bond donors (Lipinski definition) is 1. The minimum Gasteiger partial charge on any atom is -0.338 e. The molecule has 3 rings (SSSR count). The zero-order valence-electron chi connectivity index (χ0n) is 12.3. The molecule has 0 atom stereocenters. The van der Waals surface area contributed by atoms with Crippen molar-refractivity contribution in [1.82, 2.24) is 9.97 Å². The van der Waals surface area contributed by atoms with Gasteiger partial charge in [0.05, 0.1) is 16.1 Å². The fraction of sp³-hybridized carbons (Fsp3) is 0.250. The van der Waals surface area contributed by atoms with Crippen LogP contribution < -0.4 is 5.32 Å². The quantitative estimate of drug-likeness (QED) is 0.638. The van der Waals surface area contributed by atoms with Gasteiger partial charge in [0.15, 0.2) is 0 Å². The van der Waals surface area contributed by atoms with E-state index in [-0.39, 0.29) is 0 Å². The van der Waals surface area contributed by atoms with E-state index < -0.39 is 0 Å². The molecule has 0 aliphatic rings. The van der Waals surface area contributed by atoms with Crippen LogP contribution >= 0.6 is 34.5 Å². The molecule has 114 valence electrons.